The number of nitrogens with one attached hydrogen (secondary N) is 2. The van der Waals surface area contributed by atoms with Crippen LogP contribution in [-0.2, 0) is 6.54 Å². The minimum absolute atomic E-state index is 0. The van der Waals surface area contributed by atoms with Crippen molar-refractivity contribution >= 4 is 29.4 Å². The summed E-state index contributed by atoms with van der Waals surface area (Å²) in [5.41, 5.74) is 4.14. The Balaban J connectivity index is 0.00000304. The quantitative estimate of drug-likeness (QED) is 0.427. The molecule has 1 saturated heterocycles. The van der Waals surface area contributed by atoms with E-state index in [-0.39, 0.29) is 30.5 Å². The molecule has 10 heteroatoms. The summed E-state index contributed by atoms with van der Waals surface area (Å²) in [7, 11) is 0. The minimum atomic E-state index is -2.50. The lowest BCUT2D eigenvalue weighted by molar-refractivity contribution is 0.111. The van der Waals surface area contributed by atoms with Crippen LogP contribution in [0.15, 0.2) is 36.7 Å². The van der Waals surface area contributed by atoms with Crippen LogP contribution >= 0.6 is 12.4 Å². The summed E-state index contributed by atoms with van der Waals surface area (Å²) in [6.45, 7) is 6.54. The summed E-state index contributed by atoms with van der Waals surface area (Å²) < 4.78 is 28.3. The van der Waals surface area contributed by atoms with E-state index in [2.05, 4.69) is 60.5 Å². The normalized spacial score (nSPS) is 21.9. The summed E-state index contributed by atoms with van der Waals surface area (Å²) in [6, 6.07) is 7.82. The van der Waals surface area contributed by atoms with Gasteiger partial charge in [-0.2, -0.15) is 4.98 Å². The van der Waals surface area contributed by atoms with Gasteiger partial charge in [0.15, 0.2) is 0 Å². The Labute approximate surface area is 216 Å². The van der Waals surface area contributed by atoms with Crippen molar-refractivity contribution in [2.45, 2.75) is 63.8 Å². The van der Waals surface area contributed by atoms with Gasteiger partial charge in [0.1, 0.15) is 5.65 Å². The van der Waals surface area contributed by atoms with Gasteiger partial charge in [0.2, 0.25) is 5.95 Å². The van der Waals surface area contributed by atoms with Gasteiger partial charge >= 0.3 is 0 Å². The molecule has 2 aromatic heterocycles. The minimum Gasteiger partial charge on any atom is -0.393 e. The molecule has 1 saturated carbocycles. The lowest BCUT2D eigenvalue weighted by Gasteiger charge is -2.27. The fraction of sp³-hybridized carbons (Fsp3) is 0.538. The number of anilines is 1. The molecule has 36 heavy (non-hydrogen) atoms. The summed E-state index contributed by atoms with van der Waals surface area (Å²) in [5, 5.41) is 17.0. The molecular weight excluding hydrogens is 486 g/mol. The van der Waals surface area contributed by atoms with Crippen LogP contribution < -0.4 is 10.6 Å². The van der Waals surface area contributed by atoms with Gasteiger partial charge in [-0.3, -0.25) is 4.90 Å². The lowest BCUT2D eigenvalue weighted by atomic mass is 9.93. The zero-order valence-corrected chi connectivity index (χ0v) is 21.4. The average Bonchev–Trinajstić information content (AvgIpc) is 3.24. The van der Waals surface area contributed by atoms with Gasteiger partial charge in [-0.05, 0) is 43.7 Å². The second-order valence-electron chi connectivity index (χ2n) is 9.83. The first-order valence-electron chi connectivity index (χ1n) is 12.6. The van der Waals surface area contributed by atoms with E-state index in [1.54, 1.807) is 6.20 Å². The zero-order chi connectivity index (χ0) is 24.4. The number of aromatic nitrogens is 3. The number of hydrogen-bond acceptors (Lipinski definition) is 6. The van der Waals surface area contributed by atoms with Gasteiger partial charge in [0, 0.05) is 62.1 Å². The number of rotatable bonds is 7. The van der Waals surface area contributed by atoms with Crippen LogP contribution in [0.3, 0.4) is 0 Å². The van der Waals surface area contributed by atoms with E-state index in [9.17, 15) is 13.9 Å². The van der Waals surface area contributed by atoms with E-state index in [4.69, 9.17) is 0 Å². The zero-order valence-electron chi connectivity index (χ0n) is 20.5. The molecule has 0 bridgehead atoms. The largest absolute Gasteiger partial charge is 0.393 e. The molecule has 2 aliphatic rings. The first-order chi connectivity index (χ1) is 17.0. The van der Waals surface area contributed by atoms with E-state index in [0.29, 0.717) is 0 Å². The predicted octanol–water partition coefficient (Wildman–Crippen LogP) is 4.47. The summed E-state index contributed by atoms with van der Waals surface area (Å²) >= 11 is 0. The molecule has 7 nitrogen and oxygen atoms in total. The van der Waals surface area contributed by atoms with Gasteiger partial charge in [0.25, 0.3) is 6.43 Å². The maximum absolute atomic E-state index is 13.1. The van der Waals surface area contributed by atoms with Gasteiger partial charge in [-0.1, -0.05) is 24.3 Å². The van der Waals surface area contributed by atoms with Gasteiger partial charge in [-0.15, -0.1) is 12.4 Å². The van der Waals surface area contributed by atoms with Crippen molar-refractivity contribution in [2.24, 2.45) is 0 Å². The molecule has 1 atom stereocenters. The topological polar surface area (TPSA) is 78.2 Å². The van der Waals surface area contributed by atoms with E-state index in [0.717, 1.165) is 80.6 Å². The second-order valence-corrected chi connectivity index (χ2v) is 9.83. The van der Waals surface area contributed by atoms with E-state index < -0.39 is 12.5 Å². The lowest BCUT2D eigenvalue weighted by Crippen LogP contribution is -2.42. The third-order valence-corrected chi connectivity index (χ3v) is 7.25. The Kier molecular flexibility index (Phi) is 8.77. The third kappa shape index (κ3) is 5.96. The number of aliphatic hydroxyl groups excluding tert-OH is 1. The molecule has 0 amide bonds. The van der Waals surface area contributed by atoms with Crippen molar-refractivity contribution in [2.75, 3.05) is 31.5 Å². The average molecular weight is 521 g/mol. The molecular formula is C26H35ClF2N6O. The Morgan fingerprint density at radius 2 is 1.81 bits per heavy atom. The molecule has 196 valence electrons. The molecule has 0 spiro atoms. The Bertz CT molecular complexity index is 1130. The molecule has 3 heterocycles. The van der Waals surface area contributed by atoms with Crippen molar-refractivity contribution in [3.05, 3.63) is 42.2 Å². The summed E-state index contributed by atoms with van der Waals surface area (Å²) in [4.78, 5) is 11.5. The van der Waals surface area contributed by atoms with Crippen molar-refractivity contribution < 1.29 is 13.9 Å². The van der Waals surface area contributed by atoms with Crippen LogP contribution in [0.1, 0.15) is 44.2 Å². The molecule has 1 aromatic carbocycles. The number of halogens is 3. The molecule has 1 aliphatic carbocycles. The van der Waals surface area contributed by atoms with E-state index in [1.165, 1.54) is 12.5 Å². The number of nitrogens with zero attached hydrogens (tertiary/aromatic N) is 4. The smallest absolute Gasteiger partial charge is 0.258 e. The Morgan fingerprint density at radius 1 is 1.11 bits per heavy atom. The van der Waals surface area contributed by atoms with Crippen LogP contribution in [0.4, 0.5) is 14.7 Å². The summed E-state index contributed by atoms with van der Waals surface area (Å²) in [6.07, 6.45) is 4.31. The van der Waals surface area contributed by atoms with Gasteiger partial charge in [0.05, 0.1) is 12.1 Å². The maximum Gasteiger partial charge on any atom is 0.258 e. The Hall–Kier alpha value is -2.33. The van der Waals surface area contributed by atoms with Crippen LogP contribution in [0.5, 0.6) is 0 Å². The van der Waals surface area contributed by atoms with Crippen molar-refractivity contribution in [1.82, 2.24) is 24.8 Å². The number of hydrogen-bond donors (Lipinski definition) is 3. The molecule has 0 unspecified atom stereocenters. The second kappa shape index (κ2) is 11.8. The van der Waals surface area contributed by atoms with Crippen molar-refractivity contribution in [3.8, 4) is 11.1 Å². The van der Waals surface area contributed by atoms with Crippen LogP contribution in [0.2, 0.25) is 0 Å². The summed E-state index contributed by atoms with van der Waals surface area (Å²) in [5.74, 6) is 0.207. The number of piperazine rings is 1. The highest BCUT2D eigenvalue weighted by molar-refractivity contribution is 5.94. The number of alkyl halides is 2. The highest BCUT2D eigenvalue weighted by Gasteiger charge is 2.25. The van der Waals surface area contributed by atoms with Crippen LogP contribution in [-0.4, -0.2) is 69.3 Å². The van der Waals surface area contributed by atoms with Crippen LogP contribution in [0.25, 0.3) is 22.2 Å². The van der Waals surface area contributed by atoms with Gasteiger partial charge < -0.3 is 20.3 Å². The highest BCUT2D eigenvalue weighted by atomic mass is 35.5. The Morgan fingerprint density at radius 3 is 2.47 bits per heavy atom. The molecule has 3 aromatic rings. The van der Waals surface area contributed by atoms with Crippen molar-refractivity contribution in [3.63, 3.8) is 0 Å². The molecule has 2 fully saturated rings. The van der Waals surface area contributed by atoms with Crippen LogP contribution in [0, 0.1) is 0 Å². The van der Waals surface area contributed by atoms with E-state index in [1.807, 2.05) is 0 Å². The monoisotopic (exact) mass is 520 g/mol. The number of aliphatic hydroxyl groups is 1. The van der Waals surface area contributed by atoms with Crippen molar-refractivity contribution in [1.29, 1.82) is 0 Å². The highest BCUT2D eigenvalue weighted by Crippen LogP contribution is 2.37. The molecule has 1 aliphatic heterocycles. The molecule has 0 radical (unpaired) electrons. The van der Waals surface area contributed by atoms with Gasteiger partial charge in [-0.25, -0.2) is 13.8 Å². The first kappa shape index (κ1) is 26.7. The number of fused-ring (bicyclic) bond motifs is 1. The predicted molar refractivity (Wildman–Crippen MR) is 141 cm³/mol. The SMILES string of the molecule is C[C@@H](Nc1ncc2c(-c3ccc(CN4CCNCC4)cc3)cn([C@H]3CC[C@H](O)CC3)c2n1)C(F)F.Cl. The fourth-order valence-electron chi connectivity index (χ4n) is 5.13. The third-order valence-electron chi connectivity index (χ3n) is 7.25. The maximum atomic E-state index is 13.1. The first-order valence-corrected chi connectivity index (χ1v) is 12.6. The molecule has 5 rings (SSSR count). The van der Waals surface area contributed by atoms with E-state index >= 15 is 0 Å². The standard InChI is InChI=1S/C26H34F2N6O.ClH/c1-17(24(27)28)31-26-30-14-22-23(16-34(25(22)32-26)20-6-8-21(35)9-7-20)19-4-2-18(3-5-19)15-33-12-10-29-11-13-33;/h2-5,14,16-17,20-21,24,29,35H,6-13,15H2,1H3,(H,30,31,32);1H/t17-,20-,21-;/m1./s1. The number of benzene rings is 1. The fourth-order valence-corrected chi connectivity index (χ4v) is 5.13. The molecule has 3 N–H and O–H groups in total.